The predicted molar refractivity (Wildman–Crippen MR) is 49.0 cm³/mol. The number of halogens is 1. The van der Waals surface area contributed by atoms with Crippen molar-refractivity contribution in [3.63, 3.8) is 0 Å². The van der Waals surface area contributed by atoms with Gasteiger partial charge in [-0.1, -0.05) is 13.8 Å². The minimum absolute atomic E-state index is 0.106. The van der Waals surface area contributed by atoms with Crippen LogP contribution in [0.3, 0.4) is 0 Å². The average molecular weight is 187 g/mol. The van der Waals surface area contributed by atoms with Crippen molar-refractivity contribution >= 4 is 16.8 Å². The third-order valence-corrected chi connectivity index (χ3v) is 4.96. The van der Waals surface area contributed by atoms with E-state index in [1.165, 1.54) is 25.7 Å². The molecule has 68 valence electrons. The van der Waals surface area contributed by atoms with Gasteiger partial charge in [0.2, 0.25) is 5.24 Å². The summed E-state index contributed by atoms with van der Waals surface area (Å²) in [5, 5.41) is -0.106. The van der Waals surface area contributed by atoms with Crippen LogP contribution in [0.4, 0.5) is 0 Å². The van der Waals surface area contributed by atoms with Gasteiger partial charge in [0, 0.05) is 5.41 Å². The van der Waals surface area contributed by atoms with E-state index in [1.807, 2.05) is 0 Å². The van der Waals surface area contributed by atoms with Gasteiger partial charge < -0.3 is 0 Å². The van der Waals surface area contributed by atoms with E-state index in [2.05, 4.69) is 13.8 Å². The second-order valence-electron chi connectivity index (χ2n) is 4.81. The van der Waals surface area contributed by atoms with Gasteiger partial charge in [-0.05, 0) is 48.6 Å². The van der Waals surface area contributed by atoms with Crippen molar-refractivity contribution in [1.29, 1.82) is 0 Å². The van der Waals surface area contributed by atoms with Crippen LogP contribution in [0.5, 0.6) is 0 Å². The lowest BCUT2D eigenvalue weighted by atomic mass is 9.70. The zero-order chi connectivity index (χ0) is 8.98. The predicted octanol–water partition coefficient (Wildman–Crippen LogP) is 2.97. The highest BCUT2D eigenvalue weighted by Gasteiger charge is 2.62. The van der Waals surface area contributed by atoms with Gasteiger partial charge in [0.15, 0.2) is 0 Å². The molecule has 0 aliphatic heterocycles. The lowest BCUT2D eigenvalue weighted by Gasteiger charge is -2.34. The minimum Gasteiger partial charge on any atom is -0.281 e. The molecule has 0 aromatic rings. The molecule has 0 unspecified atom stereocenters. The molecule has 1 atom stereocenters. The SMILES string of the molecule is CC12CCC(CC1)[C@]2(C)C(=O)Cl. The Morgan fingerprint density at radius 3 is 2.00 bits per heavy atom. The summed E-state index contributed by atoms with van der Waals surface area (Å²) in [5.41, 5.74) is -0.00887. The van der Waals surface area contributed by atoms with Crippen LogP contribution in [0.2, 0.25) is 0 Å². The third kappa shape index (κ3) is 0.736. The summed E-state index contributed by atoms with van der Waals surface area (Å²) < 4.78 is 0. The first-order valence-electron chi connectivity index (χ1n) is 4.71. The van der Waals surface area contributed by atoms with E-state index in [0.717, 1.165) is 0 Å². The van der Waals surface area contributed by atoms with E-state index in [4.69, 9.17) is 11.6 Å². The molecule has 2 aliphatic rings. The van der Waals surface area contributed by atoms with Crippen molar-refractivity contribution in [2.45, 2.75) is 39.5 Å². The van der Waals surface area contributed by atoms with Crippen molar-refractivity contribution in [1.82, 2.24) is 0 Å². The summed E-state index contributed by atoms with van der Waals surface area (Å²) in [6.45, 7) is 4.28. The lowest BCUT2D eigenvalue weighted by Crippen LogP contribution is -2.36. The fraction of sp³-hybridized carbons (Fsp3) is 0.900. The highest BCUT2D eigenvalue weighted by atomic mass is 35.5. The van der Waals surface area contributed by atoms with Crippen LogP contribution in [-0.2, 0) is 4.79 Å². The van der Waals surface area contributed by atoms with Gasteiger partial charge in [0.1, 0.15) is 0 Å². The number of hydrogen-bond acceptors (Lipinski definition) is 1. The molecule has 12 heavy (non-hydrogen) atoms. The number of fused-ring (bicyclic) bond motifs is 2. The van der Waals surface area contributed by atoms with E-state index in [1.54, 1.807) is 0 Å². The van der Waals surface area contributed by atoms with Gasteiger partial charge in [-0.25, -0.2) is 0 Å². The summed E-state index contributed by atoms with van der Waals surface area (Å²) in [5.74, 6) is 0.562. The van der Waals surface area contributed by atoms with Crippen molar-refractivity contribution in [2.75, 3.05) is 0 Å². The third-order valence-electron chi connectivity index (χ3n) is 4.57. The number of carbonyl (C=O) groups excluding carboxylic acids is 1. The summed E-state index contributed by atoms with van der Waals surface area (Å²) >= 11 is 5.71. The van der Waals surface area contributed by atoms with Gasteiger partial charge in [-0.15, -0.1) is 0 Å². The fourth-order valence-electron chi connectivity index (χ4n) is 3.24. The van der Waals surface area contributed by atoms with Crippen LogP contribution in [0.25, 0.3) is 0 Å². The van der Waals surface area contributed by atoms with Crippen molar-refractivity contribution < 1.29 is 4.79 Å². The molecule has 1 nitrogen and oxygen atoms in total. The molecule has 2 rings (SSSR count). The maximum Gasteiger partial charge on any atom is 0.228 e. The van der Waals surface area contributed by atoms with E-state index in [9.17, 15) is 4.79 Å². The smallest absolute Gasteiger partial charge is 0.228 e. The second kappa shape index (κ2) is 2.25. The molecule has 0 heterocycles. The Kier molecular flexibility index (Phi) is 1.61. The van der Waals surface area contributed by atoms with E-state index in [0.29, 0.717) is 5.92 Å². The molecule has 0 spiro atoms. The molecule has 2 heteroatoms. The molecular formula is C10H15ClO. The Morgan fingerprint density at radius 1 is 1.33 bits per heavy atom. The largest absolute Gasteiger partial charge is 0.281 e. The van der Waals surface area contributed by atoms with Gasteiger partial charge in [-0.2, -0.15) is 0 Å². The van der Waals surface area contributed by atoms with Gasteiger partial charge in [0.05, 0.1) is 0 Å². The summed E-state index contributed by atoms with van der Waals surface area (Å²) in [4.78, 5) is 11.4. The standard InChI is InChI=1S/C10H15ClO/c1-9-5-3-7(4-6-9)10(9,2)8(11)12/h7H,3-6H2,1-2H3/t7?,9?,10-/m1/s1. The first kappa shape index (κ1) is 8.55. The van der Waals surface area contributed by atoms with Crippen LogP contribution >= 0.6 is 11.6 Å². The van der Waals surface area contributed by atoms with Gasteiger partial charge in [-0.3, -0.25) is 4.79 Å². The van der Waals surface area contributed by atoms with E-state index in [-0.39, 0.29) is 16.1 Å². The highest BCUT2D eigenvalue weighted by molar-refractivity contribution is 6.64. The summed E-state index contributed by atoms with van der Waals surface area (Å²) in [6.07, 6.45) is 4.77. The first-order chi connectivity index (χ1) is 5.51. The molecule has 2 fully saturated rings. The molecule has 2 bridgehead atoms. The van der Waals surface area contributed by atoms with Crippen molar-refractivity contribution in [2.24, 2.45) is 16.7 Å². The number of carbonyl (C=O) groups is 1. The van der Waals surface area contributed by atoms with Crippen molar-refractivity contribution in [3.05, 3.63) is 0 Å². The molecule has 2 aliphatic carbocycles. The number of rotatable bonds is 1. The van der Waals surface area contributed by atoms with Crippen LogP contribution in [0.1, 0.15) is 39.5 Å². The monoisotopic (exact) mass is 186 g/mol. The Morgan fingerprint density at radius 2 is 1.83 bits per heavy atom. The van der Waals surface area contributed by atoms with Crippen LogP contribution in [0.15, 0.2) is 0 Å². The molecule has 2 saturated carbocycles. The summed E-state index contributed by atoms with van der Waals surface area (Å²) in [6, 6.07) is 0. The Labute approximate surface area is 78.5 Å². The normalized spacial score (nSPS) is 51.4. The highest BCUT2D eigenvalue weighted by Crippen LogP contribution is 2.66. The number of hydrogen-bond donors (Lipinski definition) is 0. The van der Waals surface area contributed by atoms with Crippen LogP contribution < -0.4 is 0 Å². The zero-order valence-electron chi connectivity index (χ0n) is 7.69. The quantitative estimate of drug-likeness (QED) is 0.576. The minimum atomic E-state index is -0.214. The maximum atomic E-state index is 11.4. The molecule has 0 saturated heterocycles. The van der Waals surface area contributed by atoms with Crippen molar-refractivity contribution in [3.8, 4) is 0 Å². The molecule has 0 aromatic carbocycles. The average Bonchev–Trinajstić information content (AvgIpc) is 2.40. The van der Waals surface area contributed by atoms with Crippen LogP contribution in [-0.4, -0.2) is 5.24 Å². The maximum absolute atomic E-state index is 11.4. The Balaban J connectivity index is 2.43. The molecule has 0 aromatic heterocycles. The second-order valence-corrected chi connectivity index (χ2v) is 5.15. The zero-order valence-corrected chi connectivity index (χ0v) is 8.45. The topological polar surface area (TPSA) is 17.1 Å². The van der Waals surface area contributed by atoms with Gasteiger partial charge in [0.25, 0.3) is 0 Å². The van der Waals surface area contributed by atoms with E-state index < -0.39 is 0 Å². The first-order valence-corrected chi connectivity index (χ1v) is 5.08. The molecule has 0 amide bonds. The lowest BCUT2D eigenvalue weighted by molar-refractivity contribution is -0.124. The van der Waals surface area contributed by atoms with Crippen LogP contribution in [0, 0.1) is 16.7 Å². The Bertz CT molecular complexity index is 228. The Hall–Kier alpha value is -0.0400. The molecule has 0 N–H and O–H groups in total. The fourth-order valence-corrected chi connectivity index (χ4v) is 3.62. The van der Waals surface area contributed by atoms with E-state index >= 15 is 0 Å². The summed E-state index contributed by atoms with van der Waals surface area (Å²) in [7, 11) is 0. The van der Waals surface area contributed by atoms with Gasteiger partial charge >= 0.3 is 0 Å². The molecule has 0 radical (unpaired) electrons. The molecular weight excluding hydrogens is 172 g/mol.